The zero-order valence-electron chi connectivity index (χ0n) is 7.16. The zero-order valence-corrected chi connectivity index (χ0v) is 9.32. The second-order valence-electron chi connectivity index (χ2n) is 2.26. The third kappa shape index (κ3) is 4.84. The van der Waals surface area contributed by atoms with Crippen LogP contribution in [-0.2, 0) is 0 Å². The van der Waals surface area contributed by atoms with Crippen molar-refractivity contribution in [3.05, 3.63) is 37.0 Å². The van der Waals surface area contributed by atoms with Gasteiger partial charge in [-0.05, 0) is 5.57 Å². The molecule has 0 aromatic rings. The van der Waals surface area contributed by atoms with Gasteiger partial charge in [0.1, 0.15) is 0 Å². The van der Waals surface area contributed by atoms with Gasteiger partial charge in [-0.3, -0.25) is 4.79 Å². The molecule has 0 unspecified atom stereocenters. The fourth-order valence-electron chi connectivity index (χ4n) is 0.834. The molecule has 0 fully saturated rings. The molecule has 0 bridgehead atoms. The van der Waals surface area contributed by atoms with Gasteiger partial charge in [-0.1, -0.05) is 31.4 Å². The number of amides is 1. The van der Waals surface area contributed by atoms with Gasteiger partial charge in [-0.2, -0.15) is 0 Å². The SMILES string of the molecule is C=C/C=C(\C=C)[C@H](CO)NC(=O)I. The molecule has 0 rings (SSSR count). The summed E-state index contributed by atoms with van der Waals surface area (Å²) in [5.41, 5.74) is 0.738. The maximum Gasteiger partial charge on any atom is 0.281 e. The standard InChI is InChI=1S/C9H12INO2/c1-3-5-7(4-2)8(6-12)11-9(10)13/h3-5,8,12H,1-2,6H2,(H,11,13)/b7-5+/t8-/m0/s1. The molecule has 72 valence electrons. The van der Waals surface area contributed by atoms with Gasteiger partial charge in [-0.25, -0.2) is 0 Å². The van der Waals surface area contributed by atoms with Crippen LogP contribution in [-0.4, -0.2) is 21.7 Å². The van der Waals surface area contributed by atoms with Gasteiger partial charge in [0.05, 0.1) is 12.6 Å². The lowest BCUT2D eigenvalue weighted by Crippen LogP contribution is -2.35. The molecule has 1 amide bonds. The minimum Gasteiger partial charge on any atom is -0.394 e. The highest BCUT2D eigenvalue weighted by Gasteiger charge is 2.11. The van der Waals surface area contributed by atoms with E-state index in [1.165, 1.54) is 0 Å². The van der Waals surface area contributed by atoms with Crippen LogP contribution in [0.3, 0.4) is 0 Å². The van der Waals surface area contributed by atoms with Crippen molar-refractivity contribution in [2.75, 3.05) is 6.61 Å². The van der Waals surface area contributed by atoms with Crippen LogP contribution in [0, 0.1) is 0 Å². The first-order chi connectivity index (χ1) is 6.15. The molecule has 0 spiro atoms. The average Bonchev–Trinajstić information content (AvgIpc) is 2.10. The Kier molecular flexibility index (Phi) is 6.52. The third-order valence-corrected chi connectivity index (χ3v) is 1.73. The highest BCUT2D eigenvalue weighted by Crippen LogP contribution is 2.04. The van der Waals surface area contributed by atoms with E-state index in [1.54, 1.807) is 40.8 Å². The van der Waals surface area contributed by atoms with Crippen LogP contribution in [0.1, 0.15) is 0 Å². The van der Waals surface area contributed by atoms with E-state index >= 15 is 0 Å². The molecule has 4 heteroatoms. The van der Waals surface area contributed by atoms with Crippen LogP contribution in [0.4, 0.5) is 4.79 Å². The van der Waals surface area contributed by atoms with Crippen molar-refractivity contribution >= 4 is 26.5 Å². The van der Waals surface area contributed by atoms with E-state index in [9.17, 15) is 4.79 Å². The first-order valence-electron chi connectivity index (χ1n) is 3.67. The molecule has 0 aliphatic heterocycles. The summed E-state index contributed by atoms with van der Waals surface area (Å²) in [4.78, 5) is 10.7. The van der Waals surface area contributed by atoms with Crippen molar-refractivity contribution in [2.24, 2.45) is 0 Å². The van der Waals surface area contributed by atoms with Crippen LogP contribution >= 0.6 is 22.6 Å². The molecule has 0 aliphatic carbocycles. The number of carbonyl (C=O) groups excluding carboxylic acids is 1. The number of rotatable bonds is 5. The van der Waals surface area contributed by atoms with E-state index in [2.05, 4.69) is 18.5 Å². The lowest BCUT2D eigenvalue weighted by Gasteiger charge is -2.15. The number of aliphatic hydroxyl groups excluding tert-OH is 1. The Morgan fingerprint density at radius 1 is 1.62 bits per heavy atom. The Morgan fingerprint density at radius 2 is 2.23 bits per heavy atom. The molecule has 0 saturated heterocycles. The first-order valence-corrected chi connectivity index (χ1v) is 4.75. The quantitative estimate of drug-likeness (QED) is 0.351. The van der Waals surface area contributed by atoms with E-state index in [1.807, 2.05) is 0 Å². The lowest BCUT2D eigenvalue weighted by molar-refractivity contribution is 0.242. The summed E-state index contributed by atoms with van der Waals surface area (Å²) in [6.45, 7) is 6.95. The lowest BCUT2D eigenvalue weighted by atomic mass is 10.1. The summed E-state index contributed by atoms with van der Waals surface area (Å²) in [5, 5.41) is 11.5. The zero-order chi connectivity index (χ0) is 10.3. The Bertz CT molecular complexity index is 236. The Balaban J connectivity index is 4.51. The second-order valence-corrected chi connectivity index (χ2v) is 3.24. The molecule has 2 N–H and O–H groups in total. The molecule has 13 heavy (non-hydrogen) atoms. The van der Waals surface area contributed by atoms with E-state index in [0.717, 1.165) is 5.57 Å². The normalized spacial score (nSPS) is 13.2. The minimum atomic E-state index is -0.403. The van der Waals surface area contributed by atoms with Crippen molar-refractivity contribution in [2.45, 2.75) is 6.04 Å². The molecular weight excluding hydrogens is 281 g/mol. The van der Waals surface area contributed by atoms with Crippen molar-refractivity contribution in [3.8, 4) is 0 Å². The summed E-state index contributed by atoms with van der Waals surface area (Å²) in [7, 11) is 0. The van der Waals surface area contributed by atoms with Crippen LogP contribution in [0.15, 0.2) is 37.0 Å². The van der Waals surface area contributed by atoms with Crippen LogP contribution in [0.5, 0.6) is 0 Å². The van der Waals surface area contributed by atoms with Crippen molar-refractivity contribution < 1.29 is 9.90 Å². The topological polar surface area (TPSA) is 49.3 Å². The molecule has 0 aromatic heterocycles. The summed E-state index contributed by atoms with van der Waals surface area (Å²) in [6.07, 6.45) is 4.86. The van der Waals surface area contributed by atoms with Gasteiger partial charge in [0, 0.05) is 22.6 Å². The summed E-state index contributed by atoms with van der Waals surface area (Å²) in [5.74, 6) is 0. The molecule has 0 radical (unpaired) electrons. The van der Waals surface area contributed by atoms with Gasteiger partial charge >= 0.3 is 0 Å². The third-order valence-electron chi connectivity index (χ3n) is 1.42. The molecule has 0 heterocycles. The van der Waals surface area contributed by atoms with Gasteiger partial charge in [0.25, 0.3) is 3.91 Å². The summed E-state index contributed by atoms with van der Waals surface area (Å²) < 4.78 is -0.214. The number of hydrogen-bond donors (Lipinski definition) is 2. The number of carbonyl (C=O) groups is 1. The maximum atomic E-state index is 10.7. The Hall–Kier alpha value is -0.620. The average molecular weight is 293 g/mol. The number of nitrogens with one attached hydrogen (secondary N) is 1. The molecule has 3 nitrogen and oxygen atoms in total. The number of hydrogen-bond acceptors (Lipinski definition) is 2. The largest absolute Gasteiger partial charge is 0.394 e. The monoisotopic (exact) mass is 293 g/mol. The molecular formula is C9H12INO2. The molecule has 0 aliphatic rings. The molecule has 1 atom stereocenters. The van der Waals surface area contributed by atoms with Crippen molar-refractivity contribution in [1.82, 2.24) is 5.32 Å². The summed E-state index contributed by atoms with van der Waals surface area (Å²) >= 11 is 1.61. The highest BCUT2D eigenvalue weighted by molar-refractivity contribution is 14.1. The predicted molar refractivity (Wildman–Crippen MR) is 61.9 cm³/mol. The predicted octanol–water partition coefficient (Wildman–Crippen LogP) is 1.79. The van der Waals surface area contributed by atoms with E-state index in [-0.39, 0.29) is 10.5 Å². The van der Waals surface area contributed by atoms with Crippen LogP contribution in [0.25, 0.3) is 0 Å². The van der Waals surface area contributed by atoms with Crippen molar-refractivity contribution in [1.29, 1.82) is 0 Å². The minimum absolute atomic E-state index is 0.152. The molecule has 0 saturated carbocycles. The Labute approximate surface area is 91.4 Å². The smallest absolute Gasteiger partial charge is 0.281 e. The van der Waals surface area contributed by atoms with E-state index in [0.29, 0.717) is 0 Å². The number of halogens is 1. The highest BCUT2D eigenvalue weighted by atomic mass is 127. The molecule has 0 aromatic carbocycles. The van der Waals surface area contributed by atoms with Gasteiger partial charge in [0.15, 0.2) is 0 Å². The van der Waals surface area contributed by atoms with Crippen LogP contribution < -0.4 is 5.32 Å². The van der Waals surface area contributed by atoms with Crippen molar-refractivity contribution in [3.63, 3.8) is 0 Å². The second kappa shape index (κ2) is 6.85. The van der Waals surface area contributed by atoms with E-state index < -0.39 is 6.04 Å². The number of allylic oxidation sites excluding steroid dienone is 2. The first kappa shape index (κ1) is 12.4. The Morgan fingerprint density at radius 3 is 2.54 bits per heavy atom. The van der Waals surface area contributed by atoms with Gasteiger partial charge < -0.3 is 10.4 Å². The fourth-order valence-corrected chi connectivity index (χ4v) is 1.21. The van der Waals surface area contributed by atoms with Gasteiger partial charge in [-0.15, -0.1) is 0 Å². The fraction of sp³-hybridized carbons (Fsp3) is 0.222. The van der Waals surface area contributed by atoms with E-state index in [4.69, 9.17) is 5.11 Å². The van der Waals surface area contributed by atoms with Gasteiger partial charge in [0.2, 0.25) is 0 Å². The van der Waals surface area contributed by atoms with Crippen LogP contribution in [0.2, 0.25) is 0 Å². The number of aliphatic hydroxyl groups is 1. The summed E-state index contributed by atoms with van der Waals surface area (Å²) in [6, 6.07) is -0.403. The maximum absolute atomic E-state index is 10.7.